The van der Waals surface area contributed by atoms with Crippen LogP contribution in [0.4, 0.5) is 5.69 Å². The predicted octanol–water partition coefficient (Wildman–Crippen LogP) is 2.50. The monoisotopic (exact) mass is 279 g/mol. The number of benzene rings is 1. The van der Waals surface area contributed by atoms with Crippen molar-refractivity contribution < 1.29 is 9.90 Å². The lowest BCUT2D eigenvalue weighted by Crippen LogP contribution is -2.20. The molecule has 0 fully saturated rings. The number of halogens is 1. The van der Waals surface area contributed by atoms with Crippen LogP contribution in [0.15, 0.2) is 24.3 Å². The third kappa shape index (κ3) is 3.26. The predicted molar refractivity (Wildman–Crippen MR) is 73.4 cm³/mol. The quantitative estimate of drug-likeness (QED) is 0.848. The van der Waals surface area contributed by atoms with Gasteiger partial charge in [-0.2, -0.15) is 5.10 Å². The van der Waals surface area contributed by atoms with E-state index in [4.69, 9.17) is 11.6 Å². The number of anilines is 1. The summed E-state index contributed by atoms with van der Waals surface area (Å²) < 4.78 is 1.62. The van der Waals surface area contributed by atoms with Crippen molar-refractivity contribution >= 4 is 23.2 Å². The largest absolute Gasteiger partial charge is 0.508 e. The summed E-state index contributed by atoms with van der Waals surface area (Å²) in [5, 5.41) is 16.4. The van der Waals surface area contributed by atoms with Gasteiger partial charge in [-0.05, 0) is 32.0 Å². The minimum atomic E-state index is -0.223. The van der Waals surface area contributed by atoms with Crippen LogP contribution >= 0.6 is 11.6 Å². The number of aromatic hydroxyl groups is 1. The molecular weight excluding hydrogens is 266 g/mol. The summed E-state index contributed by atoms with van der Waals surface area (Å²) in [7, 11) is 0. The van der Waals surface area contributed by atoms with Crippen molar-refractivity contribution in [2.45, 2.75) is 20.4 Å². The fourth-order valence-electron chi connectivity index (χ4n) is 1.77. The smallest absolute Gasteiger partial charge is 0.246 e. The average molecular weight is 280 g/mol. The highest BCUT2D eigenvalue weighted by atomic mass is 35.5. The third-order valence-electron chi connectivity index (χ3n) is 2.62. The van der Waals surface area contributed by atoms with Gasteiger partial charge in [-0.25, -0.2) is 0 Å². The van der Waals surface area contributed by atoms with E-state index in [9.17, 15) is 9.90 Å². The zero-order chi connectivity index (χ0) is 14.0. The van der Waals surface area contributed by atoms with Gasteiger partial charge in [-0.3, -0.25) is 9.48 Å². The molecule has 0 saturated heterocycles. The average Bonchev–Trinajstić information content (AvgIpc) is 2.61. The molecule has 0 spiro atoms. The number of amides is 1. The van der Waals surface area contributed by atoms with Gasteiger partial charge in [-0.1, -0.05) is 11.6 Å². The van der Waals surface area contributed by atoms with Crippen LogP contribution in [-0.4, -0.2) is 20.8 Å². The summed E-state index contributed by atoms with van der Waals surface area (Å²) >= 11 is 5.91. The van der Waals surface area contributed by atoms with E-state index in [1.54, 1.807) is 10.7 Å². The summed E-state index contributed by atoms with van der Waals surface area (Å²) in [5.74, 6) is -0.166. The Morgan fingerprint density at radius 2 is 2.16 bits per heavy atom. The first-order chi connectivity index (χ1) is 8.95. The van der Waals surface area contributed by atoms with Crippen LogP contribution in [0.25, 0.3) is 0 Å². The molecule has 0 atom stereocenters. The number of hydrogen-bond acceptors (Lipinski definition) is 3. The number of phenolic OH excluding ortho intramolecular Hbond substituents is 1. The number of rotatable bonds is 3. The molecule has 5 nitrogen and oxygen atoms in total. The highest BCUT2D eigenvalue weighted by Gasteiger charge is 2.09. The second-order valence-corrected chi connectivity index (χ2v) is 4.70. The van der Waals surface area contributed by atoms with E-state index in [1.807, 2.05) is 19.9 Å². The molecule has 1 heterocycles. The summed E-state index contributed by atoms with van der Waals surface area (Å²) in [5.41, 5.74) is 2.25. The lowest BCUT2D eigenvalue weighted by atomic mass is 10.3. The molecule has 6 heteroatoms. The van der Waals surface area contributed by atoms with Crippen LogP contribution < -0.4 is 5.32 Å². The molecule has 2 N–H and O–H groups in total. The minimum Gasteiger partial charge on any atom is -0.508 e. The van der Waals surface area contributed by atoms with E-state index in [0.29, 0.717) is 10.7 Å². The molecule has 0 aliphatic carbocycles. The van der Waals surface area contributed by atoms with Crippen molar-refractivity contribution in [1.29, 1.82) is 0 Å². The topological polar surface area (TPSA) is 67.2 Å². The minimum absolute atomic E-state index is 0.0570. The number of carbonyl (C=O) groups excluding carboxylic acids is 1. The van der Waals surface area contributed by atoms with Crippen LogP contribution in [0.5, 0.6) is 5.75 Å². The molecule has 1 aromatic carbocycles. The third-order valence-corrected chi connectivity index (χ3v) is 2.94. The van der Waals surface area contributed by atoms with Gasteiger partial charge in [-0.15, -0.1) is 0 Å². The molecule has 0 saturated carbocycles. The number of nitrogens with zero attached hydrogens (tertiary/aromatic N) is 2. The van der Waals surface area contributed by atoms with Gasteiger partial charge in [0.1, 0.15) is 12.3 Å². The first kappa shape index (κ1) is 13.4. The van der Waals surface area contributed by atoms with E-state index in [2.05, 4.69) is 10.4 Å². The highest BCUT2D eigenvalue weighted by Crippen LogP contribution is 2.25. The molecule has 0 radical (unpaired) electrons. The molecule has 2 rings (SSSR count). The Balaban J connectivity index is 2.07. The molecule has 1 amide bonds. The van der Waals surface area contributed by atoms with Crippen molar-refractivity contribution in [2.75, 3.05) is 5.32 Å². The number of phenols is 1. The fourth-order valence-corrected chi connectivity index (χ4v) is 1.99. The van der Waals surface area contributed by atoms with Crippen LogP contribution in [0, 0.1) is 13.8 Å². The van der Waals surface area contributed by atoms with Crippen molar-refractivity contribution in [2.24, 2.45) is 0 Å². The van der Waals surface area contributed by atoms with E-state index < -0.39 is 0 Å². The molecule has 0 aliphatic rings. The van der Waals surface area contributed by atoms with Crippen LogP contribution in [0.3, 0.4) is 0 Å². The van der Waals surface area contributed by atoms with Crippen LogP contribution in [0.2, 0.25) is 5.02 Å². The zero-order valence-corrected chi connectivity index (χ0v) is 11.4. The van der Waals surface area contributed by atoms with E-state index in [1.165, 1.54) is 12.1 Å². The Kier molecular flexibility index (Phi) is 3.76. The summed E-state index contributed by atoms with van der Waals surface area (Å²) in [6.07, 6.45) is 0. The summed E-state index contributed by atoms with van der Waals surface area (Å²) in [4.78, 5) is 11.9. The summed E-state index contributed by atoms with van der Waals surface area (Å²) in [6.45, 7) is 3.88. The van der Waals surface area contributed by atoms with Gasteiger partial charge in [0.15, 0.2) is 0 Å². The molecule has 1 aromatic heterocycles. The van der Waals surface area contributed by atoms with Gasteiger partial charge in [0.25, 0.3) is 0 Å². The fraction of sp³-hybridized carbons (Fsp3) is 0.231. The summed E-state index contributed by atoms with van der Waals surface area (Å²) in [6, 6.07) is 6.29. The Labute approximate surface area is 115 Å². The maximum Gasteiger partial charge on any atom is 0.246 e. The number of aromatic nitrogens is 2. The lowest BCUT2D eigenvalue weighted by molar-refractivity contribution is -0.116. The molecule has 0 unspecified atom stereocenters. The van der Waals surface area contributed by atoms with Gasteiger partial charge < -0.3 is 10.4 Å². The van der Waals surface area contributed by atoms with Crippen LogP contribution in [0.1, 0.15) is 11.4 Å². The van der Waals surface area contributed by atoms with E-state index >= 15 is 0 Å². The Hall–Kier alpha value is -2.01. The molecule has 0 aliphatic heterocycles. The molecular formula is C13H14ClN3O2. The van der Waals surface area contributed by atoms with Gasteiger partial charge in [0.05, 0.1) is 16.4 Å². The van der Waals surface area contributed by atoms with Gasteiger partial charge in [0.2, 0.25) is 5.91 Å². The van der Waals surface area contributed by atoms with Crippen molar-refractivity contribution in [3.8, 4) is 5.75 Å². The first-order valence-electron chi connectivity index (χ1n) is 5.75. The molecule has 0 bridgehead atoms. The molecule has 100 valence electrons. The standard InChI is InChI=1S/C13H14ClN3O2/c1-8-5-9(2)17(16-8)7-13(19)15-12-4-3-10(18)6-11(12)14/h3-6,18H,7H2,1-2H3,(H,15,19). The normalized spacial score (nSPS) is 10.5. The van der Waals surface area contributed by atoms with Crippen molar-refractivity contribution in [1.82, 2.24) is 9.78 Å². The Morgan fingerprint density at radius 3 is 2.74 bits per heavy atom. The first-order valence-corrected chi connectivity index (χ1v) is 6.13. The van der Waals surface area contributed by atoms with E-state index in [-0.39, 0.29) is 18.2 Å². The maximum absolute atomic E-state index is 11.9. The van der Waals surface area contributed by atoms with Gasteiger partial charge in [0, 0.05) is 11.8 Å². The molecule has 19 heavy (non-hydrogen) atoms. The highest BCUT2D eigenvalue weighted by molar-refractivity contribution is 6.33. The second kappa shape index (κ2) is 5.32. The Bertz CT molecular complexity index is 622. The lowest BCUT2D eigenvalue weighted by Gasteiger charge is -2.08. The SMILES string of the molecule is Cc1cc(C)n(CC(=O)Nc2ccc(O)cc2Cl)n1. The van der Waals surface area contributed by atoms with Gasteiger partial charge >= 0.3 is 0 Å². The number of hydrogen-bond donors (Lipinski definition) is 2. The molecule has 2 aromatic rings. The number of carbonyl (C=O) groups is 1. The van der Waals surface area contributed by atoms with E-state index in [0.717, 1.165) is 11.4 Å². The van der Waals surface area contributed by atoms with Crippen LogP contribution in [-0.2, 0) is 11.3 Å². The number of aryl methyl sites for hydroxylation is 2. The number of nitrogens with one attached hydrogen (secondary N) is 1. The van der Waals surface area contributed by atoms with Crippen molar-refractivity contribution in [3.05, 3.63) is 40.7 Å². The Morgan fingerprint density at radius 1 is 1.42 bits per heavy atom. The van der Waals surface area contributed by atoms with Crippen molar-refractivity contribution in [3.63, 3.8) is 0 Å². The second-order valence-electron chi connectivity index (χ2n) is 4.30. The zero-order valence-electron chi connectivity index (χ0n) is 10.6. The maximum atomic E-state index is 11.9.